The van der Waals surface area contributed by atoms with Crippen LogP contribution in [0.4, 0.5) is 17.1 Å². The summed E-state index contributed by atoms with van der Waals surface area (Å²) in [5, 5.41) is 0. The van der Waals surface area contributed by atoms with Gasteiger partial charge >= 0.3 is 0 Å². The van der Waals surface area contributed by atoms with E-state index in [2.05, 4.69) is 0 Å². The van der Waals surface area contributed by atoms with Crippen LogP contribution in [0.2, 0.25) is 0 Å². The van der Waals surface area contributed by atoms with E-state index in [1.165, 1.54) is 0 Å². The summed E-state index contributed by atoms with van der Waals surface area (Å²) in [7, 11) is 0. The minimum atomic E-state index is 0.650. The molecule has 0 radical (unpaired) electrons. The third-order valence-corrected chi connectivity index (χ3v) is 2.57. The maximum atomic E-state index is 5.94. The van der Waals surface area contributed by atoms with Gasteiger partial charge in [0.25, 0.3) is 0 Å². The highest BCUT2D eigenvalue weighted by Gasteiger charge is 2.06. The van der Waals surface area contributed by atoms with E-state index in [1.54, 1.807) is 6.07 Å². The predicted octanol–water partition coefficient (Wildman–Crippen LogP) is 2.41. The third kappa shape index (κ3) is 1.80. The standard InChI is InChI=1S/C13H15N3/c1-8-2-5-12(15)11(6-8)10-4-3-9(14)7-13(10)16/h2-7H,14-16H2,1H3. The van der Waals surface area contributed by atoms with Crippen molar-refractivity contribution in [3.8, 4) is 11.1 Å². The van der Waals surface area contributed by atoms with Crippen molar-refractivity contribution in [2.45, 2.75) is 6.92 Å². The summed E-state index contributed by atoms with van der Waals surface area (Å²) < 4.78 is 0. The van der Waals surface area contributed by atoms with Gasteiger partial charge in [0.1, 0.15) is 0 Å². The number of nitrogen functional groups attached to an aromatic ring is 3. The van der Waals surface area contributed by atoms with E-state index >= 15 is 0 Å². The first-order valence-electron chi connectivity index (χ1n) is 5.09. The number of anilines is 3. The van der Waals surface area contributed by atoms with E-state index in [0.717, 1.165) is 22.4 Å². The van der Waals surface area contributed by atoms with Gasteiger partial charge < -0.3 is 17.2 Å². The lowest BCUT2D eigenvalue weighted by Crippen LogP contribution is -1.96. The zero-order valence-electron chi connectivity index (χ0n) is 9.20. The van der Waals surface area contributed by atoms with Gasteiger partial charge in [-0.25, -0.2) is 0 Å². The van der Waals surface area contributed by atoms with E-state index < -0.39 is 0 Å². The van der Waals surface area contributed by atoms with E-state index in [9.17, 15) is 0 Å². The Morgan fingerprint density at radius 2 is 1.50 bits per heavy atom. The average Bonchev–Trinajstić information content (AvgIpc) is 2.22. The zero-order chi connectivity index (χ0) is 11.7. The molecule has 0 atom stereocenters. The Balaban J connectivity index is 2.62. The Bertz CT molecular complexity index is 533. The van der Waals surface area contributed by atoms with Gasteiger partial charge in [0.15, 0.2) is 0 Å². The highest BCUT2D eigenvalue weighted by molar-refractivity contribution is 5.85. The number of aryl methyl sites for hydroxylation is 1. The number of benzene rings is 2. The van der Waals surface area contributed by atoms with Crippen molar-refractivity contribution in [3.63, 3.8) is 0 Å². The number of nitrogens with two attached hydrogens (primary N) is 3. The Morgan fingerprint density at radius 1 is 0.750 bits per heavy atom. The number of hydrogen-bond donors (Lipinski definition) is 3. The van der Waals surface area contributed by atoms with Crippen molar-refractivity contribution < 1.29 is 0 Å². The summed E-state index contributed by atoms with van der Waals surface area (Å²) in [6, 6.07) is 11.4. The maximum Gasteiger partial charge on any atom is 0.0415 e. The van der Waals surface area contributed by atoms with E-state index in [0.29, 0.717) is 11.4 Å². The fraction of sp³-hybridized carbons (Fsp3) is 0.0769. The molecule has 2 aromatic carbocycles. The summed E-state index contributed by atoms with van der Waals surface area (Å²) >= 11 is 0. The van der Waals surface area contributed by atoms with Crippen molar-refractivity contribution in [1.82, 2.24) is 0 Å². The van der Waals surface area contributed by atoms with Crippen LogP contribution >= 0.6 is 0 Å². The van der Waals surface area contributed by atoms with Crippen LogP contribution in [0.3, 0.4) is 0 Å². The summed E-state index contributed by atoms with van der Waals surface area (Å²) in [5.74, 6) is 0. The van der Waals surface area contributed by atoms with Crippen LogP contribution in [-0.4, -0.2) is 0 Å². The third-order valence-electron chi connectivity index (χ3n) is 2.57. The lowest BCUT2D eigenvalue weighted by Gasteiger charge is -2.10. The second kappa shape index (κ2) is 3.77. The molecule has 0 aliphatic carbocycles. The molecule has 0 spiro atoms. The van der Waals surface area contributed by atoms with Gasteiger partial charge in [-0.1, -0.05) is 17.7 Å². The van der Waals surface area contributed by atoms with Crippen molar-refractivity contribution in [3.05, 3.63) is 42.0 Å². The molecule has 0 aromatic heterocycles. The topological polar surface area (TPSA) is 78.1 Å². The van der Waals surface area contributed by atoms with Gasteiger partial charge in [0.05, 0.1) is 0 Å². The van der Waals surface area contributed by atoms with E-state index in [-0.39, 0.29) is 0 Å². The van der Waals surface area contributed by atoms with Crippen molar-refractivity contribution in [2.24, 2.45) is 0 Å². The molecule has 0 aliphatic rings. The minimum absolute atomic E-state index is 0.650. The summed E-state index contributed by atoms with van der Waals surface area (Å²) in [6.07, 6.45) is 0. The zero-order valence-corrected chi connectivity index (χ0v) is 9.20. The molecule has 0 heterocycles. The minimum Gasteiger partial charge on any atom is -0.399 e. The predicted molar refractivity (Wildman–Crippen MR) is 69.9 cm³/mol. The Labute approximate surface area is 94.9 Å². The highest BCUT2D eigenvalue weighted by Crippen LogP contribution is 2.32. The first kappa shape index (κ1) is 10.4. The van der Waals surface area contributed by atoms with Gasteiger partial charge in [-0.15, -0.1) is 0 Å². The molecule has 6 N–H and O–H groups in total. The molecular formula is C13H15N3. The molecule has 0 saturated heterocycles. The highest BCUT2D eigenvalue weighted by atomic mass is 14.6. The van der Waals surface area contributed by atoms with E-state index in [4.69, 9.17) is 17.2 Å². The van der Waals surface area contributed by atoms with Crippen molar-refractivity contribution in [1.29, 1.82) is 0 Å². The molecule has 0 unspecified atom stereocenters. The van der Waals surface area contributed by atoms with Crippen LogP contribution < -0.4 is 17.2 Å². The Hall–Kier alpha value is -2.16. The van der Waals surface area contributed by atoms with Crippen molar-refractivity contribution >= 4 is 17.1 Å². The first-order chi connectivity index (χ1) is 7.58. The van der Waals surface area contributed by atoms with Crippen LogP contribution in [0.5, 0.6) is 0 Å². The summed E-state index contributed by atoms with van der Waals surface area (Å²) in [6.45, 7) is 2.02. The number of hydrogen-bond acceptors (Lipinski definition) is 3. The first-order valence-corrected chi connectivity index (χ1v) is 5.09. The largest absolute Gasteiger partial charge is 0.399 e. The molecule has 2 aromatic rings. The fourth-order valence-electron chi connectivity index (χ4n) is 1.73. The van der Waals surface area contributed by atoms with Crippen LogP contribution in [0.1, 0.15) is 5.56 Å². The van der Waals surface area contributed by atoms with E-state index in [1.807, 2.05) is 37.3 Å². The molecule has 0 bridgehead atoms. The van der Waals surface area contributed by atoms with Crippen LogP contribution in [0, 0.1) is 6.92 Å². The van der Waals surface area contributed by atoms with Crippen LogP contribution in [0.25, 0.3) is 11.1 Å². The molecule has 0 aliphatic heterocycles. The Kier molecular flexibility index (Phi) is 2.44. The normalized spacial score (nSPS) is 10.3. The van der Waals surface area contributed by atoms with Gasteiger partial charge in [-0.3, -0.25) is 0 Å². The lowest BCUT2D eigenvalue weighted by atomic mass is 10.00. The fourth-order valence-corrected chi connectivity index (χ4v) is 1.73. The smallest absolute Gasteiger partial charge is 0.0415 e. The quantitative estimate of drug-likeness (QED) is 0.636. The molecule has 3 heteroatoms. The maximum absolute atomic E-state index is 5.94. The molecule has 0 amide bonds. The molecule has 0 fully saturated rings. The summed E-state index contributed by atoms with van der Waals surface area (Å²) in [5.41, 5.74) is 22.6. The van der Waals surface area contributed by atoms with Crippen molar-refractivity contribution in [2.75, 3.05) is 17.2 Å². The van der Waals surface area contributed by atoms with Crippen LogP contribution in [0.15, 0.2) is 36.4 Å². The molecular weight excluding hydrogens is 198 g/mol. The molecule has 82 valence electrons. The lowest BCUT2D eigenvalue weighted by molar-refractivity contribution is 1.47. The second-order valence-electron chi connectivity index (χ2n) is 3.94. The second-order valence-corrected chi connectivity index (χ2v) is 3.94. The van der Waals surface area contributed by atoms with Gasteiger partial charge in [-0.05, 0) is 31.2 Å². The summed E-state index contributed by atoms with van der Waals surface area (Å²) in [4.78, 5) is 0. The average molecular weight is 213 g/mol. The molecule has 16 heavy (non-hydrogen) atoms. The number of rotatable bonds is 1. The molecule has 3 nitrogen and oxygen atoms in total. The molecule has 2 rings (SSSR count). The SMILES string of the molecule is Cc1ccc(N)c(-c2ccc(N)cc2N)c1. The monoisotopic (exact) mass is 213 g/mol. The van der Waals surface area contributed by atoms with Gasteiger partial charge in [0, 0.05) is 28.2 Å². The van der Waals surface area contributed by atoms with Gasteiger partial charge in [0.2, 0.25) is 0 Å². The molecule has 0 saturated carbocycles. The van der Waals surface area contributed by atoms with Crippen LogP contribution in [-0.2, 0) is 0 Å². The van der Waals surface area contributed by atoms with Gasteiger partial charge in [-0.2, -0.15) is 0 Å². The Morgan fingerprint density at radius 3 is 2.19 bits per heavy atom.